The van der Waals surface area contributed by atoms with Crippen molar-refractivity contribution in [3.8, 4) is 5.75 Å². The summed E-state index contributed by atoms with van der Waals surface area (Å²) in [5.41, 5.74) is 1.30. The molecule has 0 bridgehead atoms. The zero-order valence-electron chi connectivity index (χ0n) is 15.8. The SMILES string of the molecule is Cc1cc(I)c2c(c1)C(=O)C(CN1CCOCC1)(CN1CCOCC1)CO2. The third-order valence-corrected chi connectivity index (χ3v) is 6.47. The van der Waals surface area contributed by atoms with Crippen molar-refractivity contribution in [1.82, 2.24) is 9.80 Å². The highest BCUT2D eigenvalue weighted by Crippen LogP contribution is 2.39. The maximum atomic E-state index is 13.8. The van der Waals surface area contributed by atoms with Gasteiger partial charge in [-0.3, -0.25) is 14.6 Å². The summed E-state index contributed by atoms with van der Waals surface area (Å²) in [6.45, 7) is 10.3. The van der Waals surface area contributed by atoms with Crippen molar-refractivity contribution in [3.05, 3.63) is 26.8 Å². The van der Waals surface area contributed by atoms with E-state index < -0.39 is 5.41 Å². The van der Waals surface area contributed by atoms with Gasteiger partial charge in [-0.15, -0.1) is 0 Å². The van der Waals surface area contributed by atoms with Crippen LogP contribution >= 0.6 is 22.6 Å². The van der Waals surface area contributed by atoms with Crippen LogP contribution in [0.1, 0.15) is 15.9 Å². The molecule has 1 aromatic carbocycles. The molecule has 0 aliphatic carbocycles. The topological polar surface area (TPSA) is 51.2 Å². The van der Waals surface area contributed by atoms with Gasteiger partial charge in [0, 0.05) is 39.3 Å². The van der Waals surface area contributed by atoms with Crippen molar-refractivity contribution >= 4 is 28.4 Å². The van der Waals surface area contributed by atoms with Crippen LogP contribution in [0, 0.1) is 15.9 Å². The van der Waals surface area contributed by atoms with Crippen LogP contribution < -0.4 is 4.74 Å². The minimum absolute atomic E-state index is 0.225. The highest BCUT2D eigenvalue weighted by atomic mass is 127. The summed E-state index contributed by atoms with van der Waals surface area (Å²) in [5.74, 6) is 0.981. The molecule has 0 aromatic heterocycles. The fraction of sp³-hybridized carbons (Fsp3) is 0.650. The zero-order chi connectivity index (χ0) is 18.9. The minimum atomic E-state index is -0.543. The van der Waals surface area contributed by atoms with E-state index >= 15 is 0 Å². The Kier molecular flexibility index (Phi) is 6.03. The van der Waals surface area contributed by atoms with Gasteiger partial charge in [-0.1, -0.05) is 0 Å². The third kappa shape index (κ3) is 4.17. The Balaban J connectivity index is 1.65. The highest BCUT2D eigenvalue weighted by molar-refractivity contribution is 14.1. The third-order valence-electron chi connectivity index (χ3n) is 5.67. The smallest absolute Gasteiger partial charge is 0.178 e. The lowest BCUT2D eigenvalue weighted by molar-refractivity contribution is -0.0220. The van der Waals surface area contributed by atoms with E-state index in [9.17, 15) is 4.79 Å². The van der Waals surface area contributed by atoms with Crippen LogP contribution in [-0.4, -0.2) is 87.9 Å². The normalized spacial score (nSPS) is 23.7. The molecule has 0 unspecified atom stereocenters. The molecule has 27 heavy (non-hydrogen) atoms. The number of halogens is 1. The molecule has 4 rings (SSSR count). The van der Waals surface area contributed by atoms with E-state index in [1.807, 2.05) is 13.0 Å². The van der Waals surface area contributed by atoms with Crippen molar-refractivity contribution in [2.24, 2.45) is 5.41 Å². The number of fused-ring (bicyclic) bond motifs is 1. The van der Waals surface area contributed by atoms with Crippen LogP contribution in [0.15, 0.2) is 12.1 Å². The van der Waals surface area contributed by atoms with Crippen molar-refractivity contribution in [2.75, 3.05) is 72.3 Å². The second kappa shape index (κ2) is 8.32. The van der Waals surface area contributed by atoms with Crippen LogP contribution in [0.4, 0.5) is 0 Å². The quantitative estimate of drug-likeness (QED) is 0.606. The van der Waals surface area contributed by atoms with Crippen LogP contribution in [0.3, 0.4) is 0 Å². The molecule has 7 heteroatoms. The van der Waals surface area contributed by atoms with Gasteiger partial charge in [0.15, 0.2) is 5.78 Å². The summed E-state index contributed by atoms with van der Waals surface area (Å²) in [6, 6.07) is 4.07. The van der Waals surface area contributed by atoms with Crippen molar-refractivity contribution in [2.45, 2.75) is 6.92 Å². The lowest BCUT2D eigenvalue weighted by Gasteiger charge is -2.44. The minimum Gasteiger partial charge on any atom is -0.491 e. The number of rotatable bonds is 4. The molecule has 148 valence electrons. The predicted molar refractivity (Wildman–Crippen MR) is 111 cm³/mol. The highest BCUT2D eigenvalue weighted by Gasteiger charge is 2.47. The van der Waals surface area contributed by atoms with E-state index in [1.165, 1.54) is 0 Å². The number of ketones is 1. The van der Waals surface area contributed by atoms with Crippen LogP contribution in [-0.2, 0) is 9.47 Å². The Labute approximate surface area is 174 Å². The number of benzene rings is 1. The number of hydrogen-bond donors (Lipinski definition) is 0. The molecule has 3 aliphatic rings. The number of Topliss-reactive ketones (excluding diaryl/α,β-unsaturated/α-hetero) is 1. The summed E-state index contributed by atoms with van der Waals surface area (Å²) in [5, 5.41) is 0. The molecule has 3 heterocycles. The van der Waals surface area contributed by atoms with Crippen LogP contribution in [0.2, 0.25) is 0 Å². The summed E-state index contributed by atoms with van der Waals surface area (Å²) in [7, 11) is 0. The zero-order valence-corrected chi connectivity index (χ0v) is 18.0. The first-order valence-corrected chi connectivity index (χ1v) is 10.7. The Morgan fingerprint density at radius 3 is 2.11 bits per heavy atom. The van der Waals surface area contributed by atoms with E-state index in [-0.39, 0.29) is 5.78 Å². The van der Waals surface area contributed by atoms with E-state index in [2.05, 4.69) is 38.5 Å². The second-order valence-corrected chi connectivity index (χ2v) is 8.96. The number of aryl methyl sites for hydroxylation is 1. The van der Waals surface area contributed by atoms with Crippen molar-refractivity contribution in [1.29, 1.82) is 0 Å². The average Bonchev–Trinajstić information content (AvgIpc) is 2.67. The summed E-state index contributed by atoms with van der Waals surface area (Å²) < 4.78 is 18.3. The number of morpholine rings is 2. The van der Waals surface area contributed by atoms with Gasteiger partial charge in [0.05, 0.1) is 41.0 Å². The molecule has 0 saturated carbocycles. The number of carbonyl (C=O) groups excluding carboxylic acids is 1. The van der Waals surface area contributed by atoms with Gasteiger partial charge in [-0.2, -0.15) is 0 Å². The first kappa shape index (κ1) is 19.6. The molecule has 1 aromatic rings. The molecule has 0 radical (unpaired) electrons. The molecule has 0 amide bonds. The molecular formula is C20H27IN2O4. The van der Waals surface area contributed by atoms with Gasteiger partial charge in [0.1, 0.15) is 12.4 Å². The Bertz CT molecular complexity index is 679. The van der Waals surface area contributed by atoms with Gasteiger partial charge in [-0.25, -0.2) is 0 Å². The van der Waals surface area contributed by atoms with Crippen molar-refractivity contribution < 1.29 is 19.0 Å². The molecule has 0 atom stereocenters. The lowest BCUT2D eigenvalue weighted by Crippen LogP contribution is -2.58. The standard InChI is InChI=1S/C20H27IN2O4/c1-15-10-16-18(17(21)11-15)27-14-20(19(16)24,12-22-2-6-25-7-3-22)13-23-4-8-26-9-5-23/h10-11H,2-9,12-14H2,1H3. The first-order chi connectivity index (χ1) is 13.1. The van der Waals surface area contributed by atoms with Gasteiger partial charge in [0.2, 0.25) is 0 Å². The summed E-state index contributed by atoms with van der Waals surface area (Å²) >= 11 is 2.27. The molecule has 3 aliphatic heterocycles. The van der Waals surface area contributed by atoms with E-state index in [0.29, 0.717) is 6.61 Å². The van der Waals surface area contributed by atoms with Gasteiger partial charge < -0.3 is 14.2 Å². The molecular weight excluding hydrogens is 459 g/mol. The second-order valence-electron chi connectivity index (χ2n) is 7.80. The van der Waals surface area contributed by atoms with E-state index in [4.69, 9.17) is 14.2 Å². The molecule has 0 spiro atoms. The van der Waals surface area contributed by atoms with Crippen molar-refractivity contribution in [3.63, 3.8) is 0 Å². The molecule has 0 N–H and O–H groups in total. The molecule has 6 nitrogen and oxygen atoms in total. The molecule has 2 saturated heterocycles. The molecule has 2 fully saturated rings. The fourth-order valence-corrected chi connectivity index (χ4v) is 5.20. The largest absolute Gasteiger partial charge is 0.491 e. The summed E-state index contributed by atoms with van der Waals surface area (Å²) in [6.07, 6.45) is 0. The van der Waals surface area contributed by atoms with Crippen LogP contribution in [0.5, 0.6) is 5.75 Å². The van der Waals surface area contributed by atoms with Gasteiger partial charge >= 0.3 is 0 Å². The van der Waals surface area contributed by atoms with Gasteiger partial charge in [0.25, 0.3) is 0 Å². The Morgan fingerprint density at radius 2 is 1.56 bits per heavy atom. The number of carbonyl (C=O) groups is 1. The number of ether oxygens (including phenoxy) is 3. The first-order valence-electron chi connectivity index (χ1n) is 9.65. The van der Waals surface area contributed by atoms with Gasteiger partial charge in [-0.05, 0) is 47.2 Å². The lowest BCUT2D eigenvalue weighted by atomic mass is 9.77. The van der Waals surface area contributed by atoms with E-state index in [0.717, 1.165) is 86.1 Å². The monoisotopic (exact) mass is 486 g/mol. The van der Waals surface area contributed by atoms with E-state index in [1.54, 1.807) is 0 Å². The average molecular weight is 486 g/mol. The Morgan fingerprint density at radius 1 is 1.00 bits per heavy atom. The summed E-state index contributed by atoms with van der Waals surface area (Å²) in [4.78, 5) is 18.5. The fourth-order valence-electron chi connectivity index (χ4n) is 4.27. The maximum absolute atomic E-state index is 13.8. The predicted octanol–water partition coefficient (Wildman–Crippen LogP) is 1.83. The number of hydrogen-bond acceptors (Lipinski definition) is 6. The Hall–Kier alpha value is -0.740. The maximum Gasteiger partial charge on any atom is 0.178 e. The number of nitrogens with zero attached hydrogens (tertiary/aromatic N) is 2. The van der Waals surface area contributed by atoms with Crippen LogP contribution in [0.25, 0.3) is 0 Å².